The van der Waals surface area contributed by atoms with Crippen LogP contribution in [-0.2, 0) is 0 Å². The molecular formula is C22H15NO4S. The predicted octanol–water partition coefficient (Wildman–Crippen LogP) is 5.02. The van der Waals surface area contributed by atoms with Crippen LogP contribution in [0.4, 0.5) is 5.69 Å². The lowest BCUT2D eigenvalue weighted by Gasteiger charge is -2.17. The first kappa shape index (κ1) is 17.9. The number of anilines is 1. The molecule has 2 aromatic rings. The fourth-order valence-corrected chi connectivity index (χ4v) is 3.45. The normalized spacial score (nSPS) is 10.9. The van der Waals surface area contributed by atoms with Crippen LogP contribution in [0.15, 0.2) is 69.9 Å². The Bertz CT molecular complexity index is 1280. The van der Waals surface area contributed by atoms with E-state index < -0.39 is 5.97 Å². The van der Waals surface area contributed by atoms with Crippen molar-refractivity contribution in [1.82, 2.24) is 0 Å². The number of aromatic carboxylic acids is 1. The number of rotatable bonds is 3. The summed E-state index contributed by atoms with van der Waals surface area (Å²) < 4.78 is 5.89. The highest BCUT2D eigenvalue weighted by molar-refractivity contribution is 7.80. The Balaban J connectivity index is 2.09. The minimum Gasteiger partial charge on any atom is -0.478 e. The molecule has 0 unspecified atom stereocenters. The van der Waals surface area contributed by atoms with E-state index in [1.54, 1.807) is 37.3 Å². The van der Waals surface area contributed by atoms with Gasteiger partial charge in [-0.15, -0.1) is 0 Å². The van der Waals surface area contributed by atoms with Crippen molar-refractivity contribution in [3.63, 3.8) is 0 Å². The Hall–Kier alpha value is -3.51. The molecule has 1 aliphatic heterocycles. The number of carboxylic acid groups (broad SMARTS) is 1. The van der Waals surface area contributed by atoms with Crippen LogP contribution in [0.3, 0.4) is 0 Å². The van der Waals surface area contributed by atoms with Gasteiger partial charge in [0.1, 0.15) is 11.3 Å². The third-order valence-corrected chi connectivity index (χ3v) is 4.54. The van der Waals surface area contributed by atoms with Crippen molar-refractivity contribution < 1.29 is 14.3 Å². The van der Waals surface area contributed by atoms with Crippen LogP contribution in [0.1, 0.15) is 17.3 Å². The summed E-state index contributed by atoms with van der Waals surface area (Å²) >= 11 is 5.05. The molecule has 0 atom stereocenters. The van der Waals surface area contributed by atoms with Crippen molar-refractivity contribution in [3.8, 4) is 22.5 Å². The van der Waals surface area contributed by atoms with Gasteiger partial charge < -0.3 is 14.8 Å². The molecule has 2 aliphatic rings. The summed E-state index contributed by atoms with van der Waals surface area (Å²) in [5.41, 5.74) is 3.05. The second-order valence-corrected chi connectivity index (χ2v) is 6.99. The zero-order valence-corrected chi connectivity index (χ0v) is 15.7. The molecule has 0 amide bonds. The topological polar surface area (TPSA) is 79.5 Å². The Morgan fingerprint density at radius 3 is 2.54 bits per heavy atom. The smallest absolute Gasteiger partial charge is 0.336 e. The average Bonchev–Trinajstić information content (AvgIpc) is 2.65. The molecule has 0 spiro atoms. The molecule has 0 saturated carbocycles. The molecule has 5 nitrogen and oxygen atoms in total. The van der Waals surface area contributed by atoms with E-state index in [1.807, 2.05) is 18.2 Å². The molecule has 0 saturated heterocycles. The SMILES string of the molecule is CC(=S)Nc1ccc(-c2c3ccc(=O)cc-3oc3ccccc23)c(C(=O)O)c1. The van der Waals surface area contributed by atoms with Gasteiger partial charge in [0.15, 0.2) is 5.43 Å². The molecule has 138 valence electrons. The van der Waals surface area contributed by atoms with E-state index in [4.69, 9.17) is 16.6 Å². The molecule has 2 N–H and O–H groups in total. The number of fused-ring (bicyclic) bond motifs is 2. The van der Waals surface area contributed by atoms with Crippen LogP contribution in [0, 0.1) is 0 Å². The van der Waals surface area contributed by atoms with Gasteiger partial charge in [-0.2, -0.15) is 0 Å². The molecule has 0 fully saturated rings. The maximum atomic E-state index is 12.0. The third-order valence-electron chi connectivity index (χ3n) is 4.44. The molecule has 4 rings (SSSR count). The highest BCUT2D eigenvalue weighted by Crippen LogP contribution is 2.41. The van der Waals surface area contributed by atoms with Gasteiger partial charge in [0, 0.05) is 28.3 Å². The predicted molar refractivity (Wildman–Crippen MR) is 113 cm³/mol. The first-order chi connectivity index (χ1) is 13.4. The second-order valence-electron chi connectivity index (χ2n) is 6.38. The van der Waals surface area contributed by atoms with Crippen LogP contribution >= 0.6 is 12.2 Å². The Morgan fingerprint density at radius 2 is 1.79 bits per heavy atom. The minimum atomic E-state index is -1.06. The Morgan fingerprint density at radius 1 is 1.04 bits per heavy atom. The molecule has 6 heteroatoms. The molecule has 1 heterocycles. The van der Waals surface area contributed by atoms with E-state index in [9.17, 15) is 14.7 Å². The van der Waals surface area contributed by atoms with E-state index in [0.29, 0.717) is 38.7 Å². The van der Waals surface area contributed by atoms with Gasteiger partial charge in [0.25, 0.3) is 0 Å². The van der Waals surface area contributed by atoms with E-state index in [0.717, 1.165) is 5.39 Å². The van der Waals surface area contributed by atoms with E-state index in [1.165, 1.54) is 12.1 Å². The summed E-state index contributed by atoms with van der Waals surface area (Å²) in [5, 5.41) is 13.6. The summed E-state index contributed by atoms with van der Waals surface area (Å²) in [6.45, 7) is 1.73. The van der Waals surface area contributed by atoms with Gasteiger partial charge >= 0.3 is 5.97 Å². The molecule has 1 aliphatic carbocycles. The van der Waals surface area contributed by atoms with Gasteiger partial charge in [-0.1, -0.05) is 36.5 Å². The van der Waals surface area contributed by atoms with Crippen molar-refractivity contribution in [3.05, 3.63) is 76.5 Å². The standard InChI is InChI=1S/C22H15NO4S/c1-12(28)23-13-6-8-15(18(10-13)22(25)26)21-16-4-2-3-5-19(16)27-20-11-14(24)7-9-17(20)21/h2-11H,1H3,(H,23,28)(H,25,26). The van der Waals surface area contributed by atoms with Gasteiger partial charge in [-0.3, -0.25) is 4.79 Å². The minimum absolute atomic E-state index is 0.130. The monoisotopic (exact) mass is 389 g/mol. The molecule has 0 aromatic heterocycles. The zero-order chi connectivity index (χ0) is 19.8. The summed E-state index contributed by atoms with van der Waals surface area (Å²) in [6.07, 6.45) is 0. The van der Waals surface area contributed by atoms with Gasteiger partial charge in [-0.25, -0.2) is 4.79 Å². The number of carboxylic acids is 1. The summed E-state index contributed by atoms with van der Waals surface area (Å²) in [5.74, 6) is -0.645. The number of nitrogens with one attached hydrogen (secondary N) is 1. The number of para-hydroxylation sites is 1. The third kappa shape index (κ3) is 3.14. The number of thiocarbonyl (C=S) groups is 1. The van der Waals surface area contributed by atoms with Crippen molar-refractivity contribution >= 4 is 39.8 Å². The highest BCUT2D eigenvalue weighted by atomic mass is 32.1. The van der Waals surface area contributed by atoms with Crippen molar-refractivity contribution in [2.75, 3.05) is 5.32 Å². The molecular weight excluding hydrogens is 374 g/mol. The first-order valence-corrected chi connectivity index (χ1v) is 8.96. The quantitative estimate of drug-likeness (QED) is 0.378. The van der Waals surface area contributed by atoms with Crippen LogP contribution in [-0.4, -0.2) is 16.1 Å². The van der Waals surface area contributed by atoms with Crippen molar-refractivity contribution in [2.24, 2.45) is 0 Å². The van der Waals surface area contributed by atoms with Crippen molar-refractivity contribution in [2.45, 2.75) is 6.92 Å². The van der Waals surface area contributed by atoms with Crippen molar-refractivity contribution in [1.29, 1.82) is 0 Å². The fourth-order valence-electron chi connectivity index (χ4n) is 3.33. The molecule has 0 bridgehead atoms. The summed E-state index contributed by atoms with van der Waals surface area (Å²) in [7, 11) is 0. The number of benzene rings is 3. The second kappa shape index (κ2) is 6.90. The fraction of sp³-hybridized carbons (Fsp3) is 0.0455. The lowest BCUT2D eigenvalue weighted by Crippen LogP contribution is -2.07. The summed E-state index contributed by atoms with van der Waals surface area (Å²) in [4.78, 5) is 24.4. The first-order valence-electron chi connectivity index (χ1n) is 8.55. The lowest BCUT2D eigenvalue weighted by molar-refractivity contribution is 0.0698. The number of hydrogen-bond donors (Lipinski definition) is 2. The van der Waals surface area contributed by atoms with Crippen LogP contribution < -0.4 is 10.7 Å². The molecule has 28 heavy (non-hydrogen) atoms. The van der Waals surface area contributed by atoms with Crippen LogP contribution in [0.25, 0.3) is 33.4 Å². The Labute approximate surface area is 165 Å². The summed E-state index contributed by atoms with van der Waals surface area (Å²) in [6, 6.07) is 17.0. The number of carbonyl (C=O) groups is 1. The molecule has 0 radical (unpaired) electrons. The largest absolute Gasteiger partial charge is 0.478 e. The van der Waals surface area contributed by atoms with E-state index in [2.05, 4.69) is 5.32 Å². The number of hydrogen-bond acceptors (Lipinski definition) is 4. The maximum absolute atomic E-state index is 12.0. The maximum Gasteiger partial charge on any atom is 0.336 e. The van der Waals surface area contributed by atoms with E-state index >= 15 is 0 Å². The molecule has 2 aromatic carbocycles. The van der Waals surface area contributed by atoms with Gasteiger partial charge in [0.2, 0.25) is 0 Å². The van der Waals surface area contributed by atoms with Gasteiger partial charge in [-0.05, 0) is 42.8 Å². The van der Waals surface area contributed by atoms with E-state index in [-0.39, 0.29) is 11.0 Å². The average molecular weight is 389 g/mol. The Kier molecular flexibility index (Phi) is 4.41. The lowest BCUT2D eigenvalue weighted by atomic mass is 9.90. The zero-order valence-electron chi connectivity index (χ0n) is 14.9. The van der Waals surface area contributed by atoms with Gasteiger partial charge in [0.05, 0.1) is 10.6 Å². The highest BCUT2D eigenvalue weighted by Gasteiger charge is 2.21. The van der Waals surface area contributed by atoms with Crippen LogP contribution in [0.5, 0.6) is 0 Å². The van der Waals surface area contributed by atoms with Crippen LogP contribution in [0.2, 0.25) is 0 Å².